The molecule has 0 amide bonds. The van der Waals surface area contributed by atoms with E-state index < -0.39 is 28.4 Å². The quantitative estimate of drug-likeness (QED) is 0.162. The molecule has 0 fully saturated rings. The van der Waals surface area contributed by atoms with Crippen molar-refractivity contribution in [3.8, 4) is 0 Å². The summed E-state index contributed by atoms with van der Waals surface area (Å²) >= 11 is 1.48. The number of rotatable bonds is 9. The molecule has 1 atom stereocenters. The van der Waals surface area contributed by atoms with Crippen molar-refractivity contribution in [3.05, 3.63) is 0 Å². The predicted molar refractivity (Wildman–Crippen MR) is 76.4 cm³/mol. The molecule has 0 saturated carbocycles. The van der Waals surface area contributed by atoms with Gasteiger partial charge >= 0.3 is 12.4 Å². The minimum Gasteiger partial charge on any atom is -0.224 e. The van der Waals surface area contributed by atoms with Gasteiger partial charge in [-0.1, -0.05) is 68.0 Å². The monoisotopic (exact) mass is 436 g/mol. The first-order valence-corrected chi connectivity index (χ1v) is 8.16. The first-order chi connectivity index (χ1) is 9.45. The van der Waals surface area contributed by atoms with Crippen molar-refractivity contribution in [1.29, 1.82) is 0 Å². The summed E-state index contributed by atoms with van der Waals surface area (Å²) < 4.78 is 86.8. The summed E-state index contributed by atoms with van der Waals surface area (Å²) in [5.41, 5.74) is -5.12. The van der Waals surface area contributed by atoms with Crippen LogP contribution in [0, 0.1) is 0 Å². The van der Waals surface area contributed by atoms with Crippen molar-refractivity contribution in [2.24, 2.45) is 0 Å². The maximum absolute atomic E-state index is 13.5. The second-order valence-electron chi connectivity index (χ2n) is 5.15. The van der Waals surface area contributed by atoms with Crippen LogP contribution in [0.5, 0.6) is 0 Å². The van der Waals surface area contributed by atoms with Gasteiger partial charge in [-0.3, -0.25) is 0 Å². The zero-order valence-electron chi connectivity index (χ0n) is 11.8. The van der Waals surface area contributed by atoms with Gasteiger partial charge in [-0.25, -0.2) is 4.39 Å². The molecule has 0 aromatic carbocycles. The van der Waals surface area contributed by atoms with Crippen molar-refractivity contribution in [1.82, 2.24) is 0 Å². The van der Waals surface area contributed by atoms with Crippen LogP contribution < -0.4 is 0 Å². The molecule has 0 rings (SSSR count). The number of unbranched alkanes of at least 4 members (excludes halogenated alkanes) is 5. The van der Waals surface area contributed by atoms with Crippen molar-refractivity contribution < 1.29 is 30.7 Å². The minimum atomic E-state index is -5.93. The fourth-order valence-corrected chi connectivity index (χ4v) is 2.99. The summed E-state index contributed by atoms with van der Waals surface area (Å²) in [5.74, 6) is 0. The largest absolute Gasteiger partial charge is 0.431 e. The average molecular weight is 436 g/mol. The third-order valence-corrected chi connectivity index (χ3v) is 4.34. The third-order valence-electron chi connectivity index (χ3n) is 3.27. The summed E-state index contributed by atoms with van der Waals surface area (Å²) in [4.78, 5) is 0. The van der Waals surface area contributed by atoms with Crippen LogP contribution in [-0.2, 0) is 0 Å². The van der Waals surface area contributed by atoms with E-state index in [0.29, 0.717) is 6.42 Å². The van der Waals surface area contributed by atoms with Crippen LogP contribution in [0.3, 0.4) is 0 Å². The Balaban J connectivity index is 4.35. The predicted octanol–water partition coefficient (Wildman–Crippen LogP) is 6.76. The van der Waals surface area contributed by atoms with Crippen LogP contribution in [0.2, 0.25) is 0 Å². The van der Waals surface area contributed by atoms with Gasteiger partial charge in [0.2, 0.25) is 0 Å². The van der Waals surface area contributed by atoms with Gasteiger partial charge in [0.15, 0.2) is 0 Å². The molecule has 8 heteroatoms. The molecule has 0 radical (unpaired) electrons. The van der Waals surface area contributed by atoms with Gasteiger partial charge in [-0.15, -0.1) is 0 Å². The van der Waals surface area contributed by atoms with Crippen LogP contribution in [0.25, 0.3) is 0 Å². The molecule has 0 spiro atoms. The molecular weight excluding hydrogens is 416 g/mol. The molecule has 0 bridgehead atoms. The molecule has 0 aliphatic carbocycles. The highest BCUT2D eigenvalue weighted by atomic mass is 127. The number of hydrogen-bond donors (Lipinski definition) is 0. The molecule has 0 N–H and O–H groups in total. The van der Waals surface area contributed by atoms with E-state index in [1.807, 2.05) is 6.92 Å². The molecule has 0 heterocycles. The minimum absolute atomic E-state index is 0.157. The van der Waals surface area contributed by atoms with Gasteiger partial charge in [0, 0.05) is 10.3 Å². The number of hydrogen-bond acceptors (Lipinski definition) is 0. The summed E-state index contributed by atoms with van der Waals surface area (Å²) in [5, 5.41) is 0. The van der Waals surface area contributed by atoms with Gasteiger partial charge in [0.1, 0.15) is 0 Å². The Kier molecular flexibility index (Phi) is 8.86. The van der Waals surface area contributed by atoms with Crippen molar-refractivity contribution in [3.63, 3.8) is 0 Å². The zero-order valence-corrected chi connectivity index (χ0v) is 13.9. The van der Waals surface area contributed by atoms with Crippen LogP contribution in [0.1, 0.15) is 58.3 Å². The molecule has 0 nitrogen and oxygen atoms in total. The highest BCUT2D eigenvalue weighted by Crippen LogP contribution is 2.50. The van der Waals surface area contributed by atoms with Crippen LogP contribution >= 0.6 is 22.6 Å². The topological polar surface area (TPSA) is 0 Å². The summed E-state index contributed by atoms with van der Waals surface area (Å²) in [6, 6.07) is 0. The molecule has 0 aliphatic rings. The van der Waals surface area contributed by atoms with E-state index in [9.17, 15) is 30.7 Å². The molecule has 1 unspecified atom stereocenters. The third kappa shape index (κ3) is 6.90. The highest BCUT2D eigenvalue weighted by molar-refractivity contribution is 14.1. The van der Waals surface area contributed by atoms with Crippen molar-refractivity contribution >= 4 is 22.6 Å². The maximum Gasteiger partial charge on any atom is 0.431 e. The van der Waals surface area contributed by atoms with E-state index in [1.165, 1.54) is 22.6 Å². The second kappa shape index (κ2) is 8.76. The summed E-state index contributed by atoms with van der Waals surface area (Å²) in [6.07, 6.45) is -8.01. The SMILES string of the molecule is CCCCCCCCC(I)CC(F)(C(F)(F)F)C(F)(F)F. The van der Waals surface area contributed by atoms with Gasteiger partial charge in [-0.05, 0) is 6.42 Å². The fourth-order valence-electron chi connectivity index (χ4n) is 1.95. The zero-order chi connectivity index (χ0) is 16.7. The Labute approximate surface area is 134 Å². The molecular formula is C13H20F7I. The van der Waals surface area contributed by atoms with E-state index >= 15 is 0 Å². The lowest BCUT2D eigenvalue weighted by Gasteiger charge is -2.31. The lowest BCUT2D eigenvalue weighted by molar-refractivity contribution is -0.342. The Morgan fingerprint density at radius 3 is 1.62 bits per heavy atom. The van der Waals surface area contributed by atoms with Gasteiger partial charge in [0.25, 0.3) is 5.67 Å². The van der Waals surface area contributed by atoms with Gasteiger partial charge in [-0.2, -0.15) is 26.3 Å². The molecule has 0 aromatic rings. The van der Waals surface area contributed by atoms with E-state index in [2.05, 4.69) is 0 Å². The second-order valence-corrected chi connectivity index (χ2v) is 6.92. The Morgan fingerprint density at radius 1 is 0.762 bits per heavy atom. The molecule has 21 heavy (non-hydrogen) atoms. The molecule has 0 aromatic heterocycles. The lowest BCUT2D eigenvalue weighted by atomic mass is 9.95. The fraction of sp³-hybridized carbons (Fsp3) is 1.00. The van der Waals surface area contributed by atoms with Crippen LogP contribution in [0.4, 0.5) is 30.7 Å². The molecule has 0 saturated heterocycles. The van der Waals surface area contributed by atoms with Crippen molar-refractivity contribution in [2.75, 3.05) is 0 Å². The summed E-state index contributed by atoms with van der Waals surface area (Å²) in [7, 11) is 0. The van der Waals surface area contributed by atoms with Crippen molar-refractivity contribution in [2.45, 2.75) is 80.2 Å². The number of halogens is 8. The van der Waals surface area contributed by atoms with E-state index in [0.717, 1.165) is 32.1 Å². The van der Waals surface area contributed by atoms with E-state index in [4.69, 9.17) is 0 Å². The molecule has 128 valence electrons. The Hall–Kier alpha value is 0.240. The Bertz CT molecular complexity index is 271. The van der Waals surface area contributed by atoms with Crippen LogP contribution in [0.15, 0.2) is 0 Å². The first-order valence-electron chi connectivity index (χ1n) is 6.92. The lowest BCUT2D eigenvalue weighted by Crippen LogP contribution is -2.54. The van der Waals surface area contributed by atoms with E-state index in [-0.39, 0.29) is 6.42 Å². The van der Waals surface area contributed by atoms with Gasteiger partial charge < -0.3 is 0 Å². The van der Waals surface area contributed by atoms with Crippen LogP contribution in [-0.4, -0.2) is 21.9 Å². The van der Waals surface area contributed by atoms with Gasteiger partial charge in [0.05, 0.1) is 0 Å². The maximum atomic E-state index is 13.5. The molecule has 0 aliphatic heterocycles. The number of alkyl halides is 8. The normalized spacial score (nSPS) is 15.3. The van der Waals surface area contributed by atoms with E-state index in [1.54, 1.807) is 0 Å². The average Bonchev–Trinajstić information content (AvgIpc) is 2.30. The smallest absolute Gasteiger partial charge is 0.224 e. The first kappa shape index (κ1) is 21.2. The standard InChI is InChI=1S/C13H20F7I/c1-2-3-4-5-6-7-8-10(21)9-11(14,12(15,16)17)13(18,19)20/h10H,2-9H2,1H3. The highest BCUT2D eigenvalue weighted by Gasteiger charge is 2.72. The summed E-state index contributed by atoms with van der Waals surface area (Å²) in [6.45, 7) is 2.04. The Morgan fingerprint density at radius 2 is 1.19 bits per heavy atom.